The Hall–Kier alpha value is 0.400. The zero-order valence-electron chi connectivity index (χ0n) is 9.83. The maximum atomic E-state index is 5.46. The molecule has 0 unspecified atom stereocenters. The van der Waals surface area contributed by atoms with Crippen molar-refractivity contribution in [2.45, 2.75) is 9.79 Å². The van der Waals surface area contributed by atoms with E-state index in [0.717, 1.165) is 11.5 Å². The molecular formula is C12H6O2S6. The summed E-state index contributed by atoms with van der Waals surface area (Å²) in [6.45, 7) is 0.346. The van der Waals surface area contributed by atoms with Crippen LogP contribution in [0, 0.1) is 0 Å². The lowest BCUT2D eigenvalue weighted by Gasteiger charge is -2.02. The molecule has 0 aliphatic carbocycles. The second kappa shape index (κ2) is 4.96. The minimum atomic E-state index is 0.346. The van der Waals surface area contributed by atoms with Gasteiger partial charge in [0, 0.05) is 14.9 Å². The van der Waals surface area contributed by atoms with E-state index in [9.17, 15) is 0 Å². The topological polar surface area (TPSA) is 18.5 Å². The fourth-order valence-electron chi connectivity index (χ4n) is 2.04. The summed E-state index contributed by atoms with van der Waals surface area (Å²) in [7, 11) is 0. The average molecular weight is 375 g/mol. The van der Waals surface area contributed by atoms with E-state index >= 15 is 0 Å². The van der Waals surface area contributed by atoms with Gasteiger partial charge in [-0.2, -0.15) is 0 Å². The number of thioether (sulfide) groups is 6. The molecule has 0 N–H and O–H groups in total. The van der Waals surface area contributed by atoms with Crippen LogP contribution in [0.1, 0.15) is 0 Å². The summed E-state index contributed by atoms with van der Waals surface area (Å²) in [5.41, 5.74) is 0. The number of fused-ring (bicyclic) bond motifs is 2. The molecule has 20 heavy (non-hydrogen) atoms. The standard InChI is InChI=1S/C12H6O2S6/c1-5-6(14-3-13-5)2-8-7(1)17-11(18-8)12-19-9-10(20-12)16-4-15-9/h1-2H,3-4H2. The molecule has 4 aliphatic heterocycles. The molecule has 0 fully saturated rings. The van der Waals surface area contributed by atoms with Crippen molar-refractivity contribution in [3.8, 4) is 11.5 Å². The molecular weight excluding hydrogens is 369 g/mol. The minimum Gasteiger partial charge on any atom is -0.454 e. The third-order valence-electron chi connectivity index (χ3n) is 2.93. The monoisotopic (exact) mass is 374 g/mol. The van der Waals surface area contributed by atoms with Gasteiger partial charge in [-0.3, -0.25) is 0 Å². The smallest absolute Gasteiger partial charge is 0.231 e. The third kappa shape index (κ3) is 2.03. The van der Waals surface area contributed by atoms with Crippen LogP contribution in [0.15, 0.2) is 38.9 Å². The number of hydrogen-bond acceptors (Lipinski definition) is 8. The molecule has 0 radical (unpaired) electrons. The van der Waals surface area contributed by atoms with E-state index in [1.54, 1.807) is 0 Å². The van der Waals surface area contributed by atoms with Gasteiger partial charge < -0.3 is 9.47 Å². The van der Waals surface area contributed by atoms with Crippen molar-refractivity contribution < 1.29 is 9.47 Å². The Morgan fingerprint density at radius 1 is 0.700 bits per heavy atom. The number of hydrogen-bond donors (Lipinski definition) is 0. The maximum Gasteiger partial charge on any atom is 0.231 e. The minimum absolute atomic E-state index is 0.346. The summed E-state index contributed by atoms with van der Waals surface area (Å²) in [5, 5.41) is 1.18. The second-order valence-electron chi connectivity index (χ2n) is 4.12. The van der Waals surface area contributed by atoms with Gasteiger partial charge in [-0.05, 0) is 12.1 Å². The second-order valence-corrected chi connectivity index (χ2v) is 11.6. The molecule has 2 nitrogen and oxygen atoms in total. The van der Waals surface area contributed by atoms with Gasteiger partial charge >= 0.3 is 0 Å². The molecule has 0 bridgehead atoms. The molecule has 0 saturated heterocycles. The first kappa shape index (κ1) is 12.9. The highest BCUT2D eigenvalue weighted by Gasteiger charge is 2.32. The van der Waals surface area contributed by atoms with Crippen molar-refractivity contribution in [2.24, 2.45) is 0 Å². The Kier molecular flexibility index (Phi) is 3.20. The molecule has 0 aromatic heterocycles. The van der Waals surface area contributed by atoms with Crippen LogP contribution in [-0.2, 0) is 0 Å². The fourth-order valence-corrected chi connectivity index (χ4v) is 11.2. The SMILES string of the molecule is c1c2c(cc3c1SC(=C1SC4=C(SCS4)S1)S3)OCO2. The predicted octanol–water partition coefficient (Wildman–Crippen LogP) is 5.78. The summed E-state index contributed by atoms with van der Waals surface area (Å²) in [5.74, 6) is 1.75. The van der Waals surface area contributed by atoms with E-state index in [1.807, 2.05) is 70.6 Å². The lowest BCUT2D eigenvalue weighted by atomic mass is 10.3. The first-order valence-corrected chi connectivity index (χ1v) is 11.0. The molecule has 102 valence electrons. The van der Waals surface area contributed by atoms with Crippen LogP contribution >= 0.6 is 70.6 Å². The fraction of sp³-hybridized carbons (Fsp3) is 0.167. The van der Waals surface area contributed by atoms with Crippen LogP contribution in [0.2, 0.25) is 0 Å². The van der Waals surface area contributed by atoms with E-state index in [2.05, 4.69) is 12.1 Å². The number of benzene rings is 1. The van der Waals surface area contributed by atoms with Crippen LogP contribution in [0.3, 0.4) is 0 Å². The summed E-state index contributed by atoms with van der Waals surface area (Å²) in [6.07, 6.45) is 0. The Morgan fingerprint density at radius 3 is 1.85 bits per heavy atom. The zero-order chi connectivity index (χ0) is 13.1. The highest BCUT2D eigenvalue weighted by Crippen LogP contribution is 2.67. The molecule has 4 aliphatic rings. The normalized spacial score (nSPS) is 22.8. The first-order valence-electron chi connectivity index (χ1n) is 5.76. The number of ether oxygens (including phenoxy) is 2. The van der Waals surface area contributed by atoms with Gasteiger partial charge in [0.15, 0.2) is 11.5 Å². The zero-order valence-corrected chi connectivity index (χ0v) is 14.7. The van der Waals surface area contributed by atoms with Crippen molar-refractivity contribution in [1.29, 1.82) is 0 Å². The lowest BCUT2D eigenvalue weighted by Crippen LogP contribution is -1.92. The van der Waals surface area contributed by atoms with E-state index in [4.69, 9.17) is 9.47 Å². The van der Waals surface area contributed by atoms with Crippen molar-refractivity contribution in [2.75, 3.05) is 11.9 Å². The summed E-state index contributed by atoms with van der Waals surface area (Å²) in [6, 6.07) is 4.22. The average Bonchev–Trinajstić information content (AvgIpc) is 3.16. The third-order valence-corrected chi connectivity index (χ3v) is 11.6. The first-order chi connectivity index (χ1) is 9.87. The van der Waals surface area contributed by atoms with Gasteiger partial charge in [-0.25, -0.2) is 0 Å². The highest BCUT2D eigenvalue weighted by molar-refractivity contribution is 8.46. The Bertz CT molecular complexity index is 642. The van der Waals surface area contributed by atoms with Gasteiger partial charge in [0.2, 0.25) is 6.79 Å². The van der Waals surface area contributed by atoms with Crippen LogP contribution in [0.5, 0.6) is 11.5 Å². The summed E-state index contributed by atoms with van der Waals surface area (Å²) in [4.78, 5) is 2.57. The van der Waals surface area contributed by atoms with E-state index in [1.165, 1.54) is 31.8 Å². The lowest BCUT2D eigenvalue weighted by molar-refractivity contribution is 0.174. The van der Waals surface area contributed by atoms with Crippen molar-refractivity contribution >= 4 is 70.6 Å². The van der Waals surface area contributed by atoms with Crippen LogP contribution in [-0.4, -0.2) is 11.9 Å². The van der Waals surface area contributed by atoms with E-state index < -0.39 is 0 Å². The highest BCUT2D eigenvalue weighted by atomic mass is 32.3. The molecule has 8 heteroatoms. The van der Waals surface area contributed by atoms with Gasteiger partial charge in [0.05, 0.1) is 16.9 Å². The van der Waals surface area contributed by atoms with E-state index in [0.29, 0.717) is 6.79 Å². The van der Waals surface area contributed by atoms with Gasteiger partial charge in [0.1, 0.15) is 0 Å². The molecule has 0 atom stereocenters. The van der Waals surface area contributed by atoms with Crippen molar-refractivity contribution in [3.63, 3.8) is 0 Å². The van der Waals surface area contributed by atoms with Gasteiger partial charge in [-0.15, -0.1) is 23.5 Å². The molecule has 1 aromatic carbocycles. The molecule has 0 saturated carbocycles. The van der Waals surface area contributed by atoms with Crippen LogP contribution in [0.4, 0.5) is 0 Å². The summed E-state index contributed by atoms with van der Waals surface area (Å²) < 4.78 is 16.7. The maximum absolute atomic E-state index is 5.46. The van der Waals surface area contributed by atoms with Crippen LogP contribution < -0.4 is 9.47 Å². The quantitative estimate of drug-likeness (QED) is 0.561. The molecule has 0 amide bonds. The Morgan fingerprint density at radius 2 is 1.25 bits per heavy atom. The number of rotatable bonds is 0. The largest absolute Gasteiger partial charge is 0.454 e. The van der Waals surface area contributed by atoms with Gasteiger partial charge in [-0.1, -0.05) is 47.0 Å². The van der Waals surface area contributed by atoms with Crippen molar-refractivity contribution in [1.82, 2.24) is 0 Å². The Balaban J connectivity index is 1.47. The molecule has 5 rings (SSSR count). The molecule has 0 spiro atoms. The Labute approximate surface area is 141 Å². The van der Waals surface area contributed by atoms with Crippen molar-refractivity contribution in [3.05, 3.63) is 29.1 Å². The summed E-state index contributed by atoms with van der Waals surface area (Å²) >= 11 is 11.5. The molecule has 4 heterocycles. The molecule has 1 aromatic rings. The van der Waals surface area contributed by atoms with Crippen LogP contribution in [0.25, 0.3) is 0 Å². The van der Waals surface area contributed by atoms with Gasteiger partial charge in [0.25, 0.3) is 0 Å². The van der Waals surface area contributed by atoms with E-state index in [-0.39, 0.29) is 0 Å². The predicted molar refractivity (Wildman–Crippen MR) is 93.6 cm³/mol.